The maximum absolute atomic E-state index is 12.8. The molecule has 0 saturated carbocycles. The normalized spacial score (nSPS) is 11.5. The first-order chi connectivity index (χ1) is 26.9. The predicted molar refractivity (Wildman–Crippen MR) is 220 cm³/mol. The molecule has 286 valence electrons. The van der Waals surface area contributed by atoms with E-state index in [1.807, 2.05) is 38.1 Å². The topological polar surface area (TPSA) is 211 Å². The van der Waals surface area contributed by atoms with E-state index in [4.69, 9.17) is 15.7 Å². The number of phenols is 1. The number of benzene rings is 5. The number of hydrogen-bond acceptors (Lipinski definition) is 10. The van der Waals surface area contributed by atoms with Crippen molar-refractivity contribution < 1.29 is 29.3 Å². The molecular weight excluding hydrogens is 711 g/mol. The molecule has 13 heteroatoms. The molecule has 0 aliphatic carbocycles. The molecule has 56 heavy (non-hydrogen) atoms. The van der Waals surface area contributed by atoms with E-state index in [1.165, 1.54) is 12.1 Å². The number of aromatic hydroxyl groups is 1. The minimum Gasteiger partial charge on any atom is -0.503 e. The molecule has 0 aromatic heterocycles. The van der Waals surface area contributed by atoms with E-state index < -0.39 is 11.9 Å². The molecule has 9 N–H and O–H groups in total. The van der Waals surface area contributed by atoms with Crippen LogP contribution in [-0.2, 0) is 9.59 Å². The summed E-state index contributed by atoms with van der Waals surface area (Å²) in [7, 11) is 0. The Balaban J connectivity index is 1.18. The highest BCUT2D eigenvalue weighted by atomic mass is 16.5. The zero-order valence-electron chi connectivity index (χ0n) is 31.1. The van der Waals surface area contributed by atoms with Crippen LogP contribution in [0.4, 0.5) is 39.8 Å². The molecule has 13 nitrogen and oxygen atoms in total. The van der Waals surface area contributed by atoms with Crippen molar-refractivity contribution in [2.45, 2.75) is 39.3 Å². The number of ether oxygens (including phenoxy) is 1. The third-order valence-electron chi connectivity index (χ3n) is 8.35. The van der Waals surface area contributed by atoms with Crippen LogP contribution in [0.25, 0.3) is 6.08 Å². The van der Waals surface area contributed by atoms with Gasteiger partial charge in [0.1, 0.15) is 0 Å². The molecule has 2 amide bonds. The van der Waals surface area contributed by atoms with E-state index in [1.54, 1.807) is 85.8 Å². The average Bonchev–Trinajstić information content (AvgIpc) is 3.17. The highest BCUT2D eigenvalue weighted by molar-refractivity contribution is 6.06. The predicted octanol–water partition coefficient (Wildman–Crippen LogP) is 8.05. The molecular formula is C43H43N7O6. The summed E-state index contributed by atoms with van der Waals surface area (Å²) >= 11 is 0. The first-order valence-electron chi connectivity index (χ1n) is 17.8. The van der Waals surface area contributed by atoms with Crippen LogP contribution in [0.1, 0.15) is 48.7 Å². The zero-order valence-corrected chi connectivity index (χ0v) is 31.1. The molecule has 0 fully saturated rings. The number of phenolic OH excluding ortho intramolecular Hbond substituents is 1. The Hall–Kier alpha value is -7.46. The number of carbonyl (C=O) groups is 3. The Bertz CT molecular complexity index is 2230. The first kappa shape index (κ1) is 39.7. The molecule has 5 aromatic rings. The van der Waals surface area contributed by atoms with Crippen LogP contribution in [0.3, 0.4) is 0 Å². The summed E-state index contributed by atoms with van der Waals surface area (Å²) in [6.45, 7) is 5.80. The minimum absolute atomic E-state index is 0.0745. The molecule has 5 aromatic carbocycles. The fourth-order valence-electron chi connectivity index (χ4n) is 5.55. The second-order valence-corrected chi connectivity index (χ2v) is 13.2. The fraction of sp³-hybridized carbons (Fsp3) is 0.163. The number of anilines is 7. The van der Waals surface area contributed by atoms with Gasteiger partial charge in [-0.2, -0.15) is 5.26 Å². The number of carbonyl (C=O) groups excluding carboxylic acids is 2. The van der Waals surface area contributed by atoms with Gasteiger partial charge in [-0.15, -0.1) is 0 Å². The van der Waals surface area contributed by atoms with Gasteiger partial charge in [0.25, 0.3) is 5.91 Å². The van der Waals surface area contributed by atoms with Gasteiger partial charge >= 0.3 is 5.97 Å². The van der Waals surface area contributed by atoms with E-state index in [-0.39, 0.29) is 41.5 Å². The van der Waals surface area contributed by atoms with Crippen molar-refractivity contribution in [3.8, 4) is 17.6 Å². The molecule has 0 heterocycles. The van der Waals surface area contributed by atoms with Crippen molar-refractivity contribution in [3.63, 3.8) is 0 Å². The van der Waals surface area contributed by atoms with Gasteiger partial charge in [0.05, 0.1) is 40.7 Å². The number of carboxylic acids is 1. The van der Waals surface area contributed by atoms with E-state index in [0.717, 1.165) is 22.6 Å². The van der Waals surface area contributed by atoms with Crippen LogP contribution in [0, 0.1) is 11.3 Å². The Labute approximate surface area is 324 Å². The molecule has 0 aliphatic rings. The minimum atomic E-state index is -1.03. The highest BCUT2D eigenvalue weighted by Gasteiger charge is 2.17. The first-order valence-corrected chi connectivity index (χ1v) is 17.8. The third kappa shape index (κ3) is 11.3. The summed E-state index contributed by atoms with van der Waals surface area (Å²) in [6, 6.07) is 32.9. The molecule has 0 radical (unpaired) electrons. The van der Waals surface area contributed by atoms with E-state index in [0.29, 0.717) is 40.4 Å². The molecule has 0 bridgehead atoms. The van der Waals surface area contributed by atoms with Gasteiger partial charge in [0.2, 0.25) is 5.91 Å². The van der Waals surface area contributed by atoms with Crippen molar-refractivity contribution >= 4 is 63.7 Å². The fourth-order valence-corrected chi connectivity index (χ4v) is 5.55. The van der Waals surface area contributed by atoms with Crippen LogP contribution in [0.5, 0.6) is 11.5 Å². The standard InChI is InChI=1S/C43H43N7O6/c1-26(2)56-41-38(21-20-37(40(41)52)48-33-10-8-30(9-11-33)43(54)55)49-34-14-12-31(13-15-34)46-25-36(23-39(45)51)47-32-16-18-35(19-17-32)50-42(53)27(3)22-28-4-6-29(24-44)7-5-28/h4-22,26,36,46-49,52H,23,25H2,1-3H3,(H2,45,51)(H,50,53)(H,54,55)/b27-22-/t36-/m0/s1. The van der Waals surface area contributed by atoms with E-state index in [2.05, 4.69) is 32.7 Å². The Morgan fingerprint density at radius 2 is 1.34 bits per heavy atom. The van der Waals surface area contributed by atoms with Crippen molar-refractivity contribution in [2.75, 3.05) is 33.1 Å². The molecule has 0 saturated heterocycles. The van der Waals surface area contributed by atoms with Gasteiger partial charge in [0, 0.05) is 47.0 Å². The van der Waals surface area contributed by atoms with Gasteiger partial charge in [-0.3, -0.25) is 9.59 Å². The molecule has 0 unspecified atom stereocenters. The number of primary amides is 1. The van der Waals surface area contributed by atoms with Crippen molar-refractivity contribution in [1.29, 1.82) is 5.26 Å². The van der Waals surface area contributed by atoms with Crippen LogP contribution in [-0.4, -0.2) is 46.7 Å². The number of nitrogens with two attached hydrogens (primary N) is 1. The lowest BCUT2D eigenvalue weighted by molar-refractivity contribution is -0.118. The maximum Gasteiger partial charge on any atom is 0.335 e. The number of aromatic carboxylic acids is 1. The largest absolute Gasteiger partial charge is 0.503 e. The van der Waals surface area contributed by atoms with Gasteiger partial charge in [-0.05, 0) is 129 Å². The van der Waals surface area contributed by atoms with Gasteiger partial charge < -0.3 is 47.3 Å². The summed E-state index contributed by atoms with van der Waals surface area (Å²) in [5.41, 5.74) is 12.0. The lowest BCUT2D eigenvalue weighted by Gasteiger charge is -2.21. The molecule has 0 spiro atoms. The lowest BCUT2D eigenvalue weighted by atomic mass is 10.1. The average molecular weight is 754 g/mol. The Kier molecular flexibility index (Phi) is 13.2. The Morgan fingerprint density at radius 3 is 1.93 bits per heavy atom. The zero-order chi connectivity index (χ0) is 40.2. The number of hydrogen-bond donors (Lipinski definition) is 8. The van der Waals surface area contributed by atoms with Crippen LogP contribution < -0.4 is 37.1 Å². The summed E-state index contributed by atoms with van der Waals surface area (Å²) in [5.74, 6) is -1.61. The second-order valence-electron chi connectivity index (χ2n) is 13.2. The maximum atomic E-state index is 12.8. The SMILES string of the molecule is C/C(=C/c1ccc(C#N)cc1)C(=O)Nc1ccc(N[C@H](CNc2ccc(Nc3ccc(Nc4ccc(C(=O)O)cc4)c(O)c3OC(C)C)cc2)CC(N)=O)cc1. The summed E-state index contributed by atoms with van der Waals surface area (Å²) in [5, 5.41) is 45.3. The summed E-state index contributed by atoms with van der Waals surface area (Å²) in [4.78, 5) is 35.9. The van der Waals surface area contributed by atoms with E-state index in [9.17, 15) is 24.6 Å². The number of nitrogens with one attached hydrogen (secondary N) is 5. The molecule has 0 aliphatic heterocycles. The number of nitrogens with zero attached hydrogens (tertiary/aromatic N) is 1. The van der Waals surface area contributed by atoms with Crippen LogP contribution >= 0.6 is 0 Å². The van der Waals surface area contributed by atoms with E-state index >= 15 is 0 Å². The number of carboxylic acid groups (broad SMARTS) is 1. The van der Waals surface area contributed by atoms with Crippen molar-refractivity contribution in [3.05, 3.63) is 131 Å². The van der Waals surface area contributed by atoms with Crippen molar-refractivity contribution in [2.24, 2.45) is 5.73 Å². The number of nitriles is 1. The second kappa shape index (κ2) is 18.5. The Morgan fingerprint density at radius 1 is 0.786 bits per heavy atom. The molecule has 1 atom stereocenters. The van der Waals surface area contributed by atoms with Crippen LogP contribution in [0.2, 0.25) is 0 Å². The molecule has 5 rings (SSSR count). The monoisotopic (exact) mass is 753 g/mol. The summed E-state index contributed by atoms with van der Waals surface area (Å²) in [6.07, 6.45) is 1.58. The van der Waals surface area contributed by atoms with Gasteiger partial charge in [-0.25, -0.2) is 4.79 Å². The van der Waals surface area contributed by atoms with Gasteiger partial charge in [0.15, 0.2) is 11.5 Å². The van der Waals surface area contributed by atoms with Crippen molar-refractivity contribution in [1.82, 2.24) is 0 Å². The summed E-state index contributed by atoms with van der Waals surface area (Å²) < 4.78 is 5.99. The lowest BCUT2D eigenvalue weighted by Crippen LogP contribution is -2.33. The third-order valence-corrected chi connectivity index (χ3v) is 8.35. The highest BCUT2D eigenvalue weighted by Crippen LogP contribution is 2.43. The number of amides is 2. The van der Waals surface area contributed by atoms with Crippen LogP contribution in [0.15, 0.2) is 115 Å². The quantitative estimate of drug-likeness (QED) is 0.0336. The van der Waals surface area contributed by atoms with Gasteiger partial charge in [-0.1, -0.05) is 12.1 Å². The smallest absolute Gasteiger partial charge is 0.335 e. The number of rotatable bonds is 17.